The molecule has 2 aromatic rings. The second-order valence-electron chi connectivity index (χ2n) is 5.16. The van der Waals surface area contributed by atoms with E-state index in [1.165, 1.54) is 10.4 Å². The van der Waals surface area contributed by atoms with Gasteiger partial charge in [-0.05, 0) is 16.4 Å². The van der Waals surface area contributed by atoms with Crippen molar-refractivity contribution in [2.24, 2.45) is 0 Å². The maximum atomic E-state index is 6.36. The van der Waals surface area contributed by atoms with Gasteiger partial charge < -0.3 is 4.43 Å². The van der Waals surface area contributed by atoms with E-state index in [4.69, 9.17) is 10.8 Å². The molecule has 1 nitrogen and oxygen atoms in total. The summed E-state index contributed by atoms with van der Waals surface area (Å²) < 4.78 is 6.36. The molecule has 2 aromatic carbocycles. The van der Waals surface area contributed by atoms with E-state index in [1.54, 1.807) is 0 Å². The SMILES string of the molecule is C#CCO[Si](CCCC)(c1ccccc1)c1ccccc1. The Morgan fingerprint density at radius 3 is 1.90 bits per heavy atom. The quantitative estimate of drug-likeness (QED) is 0.563. The van der Waals surface area contributed by atoms with Gasteiger partial charge in [0.15, 0.2) is 0 Å². The molecule has 0 aliphatic carbocycles. The Morgan fingerprint density at radius 2 is 1.48 bits per heavy atom. The molecule has 0 heterocycles. The van der Waals surface area contributed by atoms with Crippen LogP contribution in [0, 0.1) is 12.3 Å². The Labute approximate surface area is 129 Å². The second-order valence-corrected chi connectivity index (χ2v) is 8.75. The number of terminal acetylenes is 1. The molecule has 2 heteroatoms. The Bertz CT molecular complexity index is 532. The molecular formula is C19H22OSi. The van der Waals surface area contributed by atoms with Gasteiger partial charge in [0.25, 0.3) is 8.32 Å². The molecule has 0 atom stereocenters. The summed E-state index contributed by atoms with van der Waals surface area (Å²) in [4.78, 5) is 0. The molecular weight excluding hydrogens is 272 g/mol. The van der Waals surface area contributed by atoms with Gasteiger partial charge in [-0.1, -0.05) is 86.3 Å². The molecule has 0 amide bonds. The van der Waals surface area contributed by atoms with Crippen molar-refractivity contribution in [3.8, 4) is 12.3 Å². The lowest BCUT2D eigenvalue weighted by Crippen LogP contribution is -2.60. The van der Waals surface area contributed by atoms with Gasteiger partial charge in [-0.2, -0.15) is 0 Å². The van der Waals surface area contributed by atoms with Gasteiger partial charge >= 0.3 is 0 Å². The lowest BCUT2D eigenvalue weighted by atomic mass is 10.4. The molecule has 0 fully saturated rings. The molecule has 2 rings (SSSR count). The zero-order valence-corrected chi connectivity index (χ0v) is 13.6. The normalized spacial score (nSPS) is 11.0. The maximum Gasteiger partial charge on any atom is 0.257 e. The van der Waals surface area contributed by atoms with Crippen LogP contribution < -0.4 is 10.4 Å². The molecule has 0 N–H and O–H groups in total. The molecule has 0 aliphatic rings. The van der Waals surface area contributed by atoms with E-state index in [0.717, 1.165) is 18.9 Å². The third kappa shape index (κ3) is 3.63. The first-order valence-corrected chi connectivity index (χ1v) is 9.63. The van der Waals surface area contributed by atoms with Crippen LogP contribution in [0.5, 0.6) is 0 Å². The van der Waals surface area contributed by atoms with Crippen molar-refractivity contribution in [3.63, 3.8) is 0 Å². The zero-order valence-electron chi connectivity index (χ0n) is 12.6. The molecule has 0 aliphatic heterocycles. The second kappa shape index (κ2) is 7.83. The van der Waals surface area contributed by atoms with E-state index < -0.39 is 8.32 Å². The van der Waals surface area contributed by atoms with E-state index in [-0.39, 0.29) is 0 Å². The zero-order chi connectivity index (χ0) is 15.0. The number of hydrogen-bond donors (Lipinski definition) is 0. The highest BCUT2D eigenvalue weighted by Crippen LogP contribution is 2.17. The fraction of sp³-hybridized carbons (Fsp3) is 0.263. The summed E-state index contributed by atoms with van der Waals surface area (Å²) in [5.41, 5.74) is 0. The first-order chi connectivity index (χ1) is 10.3. The Kier molecular flexibility index (Phi) is 5.80. The van der Waals surface area contributed by atoms with Gasteiger partial charge in [0.1, 0.15) is 0 Å². The first-order valence-electron chi connectivity index (χ1n) is 7.52. The summed E-state index contributed by atoms with van der Waals surface area (Å²) in [7, 11) is -2.23. The van der Waals surface area contributed by atoms with Crippen molar-refractivity contribution in [2.45, 2.75) is 25.8 Å². The van der Waals surface area contributed by atoms with Gasteiger partial charge in [-0.15, -0.1) is 6.42 Å². The minimum absolute atomic E-state index is 0.375. The lowest BCUT2D eigenvalue weighted by molar-refractivity contribution is 0.368. The van der Waals surface area contributed by atoms with Gasteiger partial charge in [0.05, 0.1) is 6.61 Å². The molecule has 0 radical (unpaired) electrons. The molecule has 21 heavy (non-hydrogen) atoms. The smallest absolute Gasteiger partial charge is 0.257 e. The topological polar surface area (TPSA) is 9.23 Å². The summed E-state index contributed by atoms with van der Waals surface area (Å²) in [5, 5.41) is 2.61. The summed E-state index contributed by atoms with van der Waals surface area (Å²) in [6.45, 7) is 2.59. The molecule has 0 saturated carbocycles. The number of unbranched alkanes of at least 4 members (excludes halogenated alkanes) is 1. The van der Waals surface area contributed by atoms with E-state index in [1.807, 2.05) is 0 Å². The van der Waals surface area contributed by atoms with Crippen molar-refractivity contribution in [1.82, 2.24) is 0 Å². The summed E-state index contributed by atoms with van der Waals surface area (Å²) in [6.07, 6.45) is 7.78. The van der Waals surface area contributed by atoms with Gasteiger partial charge in [-0.25, -0.2) is 0 Å². The van der Waals surface area contributed by atoms with E-state index in [9.17, 15) is 0 Å². The summed E-state index contributed by atoms with van der Waals surface area (Å²) in [6, 6.07) is 22.3. The van der Waals surface area contributed by atoms with Crippen molar-refractivity contribution in [2.75, 3.05) is 6.61 Å². The highest BCUT2D eigenvalue weighted by atomic mass is 28.4. The largest absolute Gasteiger partial charge is 0.397 e. The molecule has 108 valence electrons. The molecule has 0 saturated heterocycles. The highest BCUT2D eigenvalue weighted by Gasteiger charge is 2.38. The molecule has 0 unspecified atom stereocenters. The van der Waals surface area contributed by atoms with E-state index >= 15 is 0 Å². The average Bonchev–Trinajstić information content (AvgIpc) is 2.57. The Morgan fingerprint density at radius 1 is 0.952 bits per heavy atom. The fourth-order valence-electron chi connectivity index (χ4n) is 2.70. The Hall–Kier alpha value is -1.82. The van der Waals surface area contributed by atoms with Crippen molar-refractivity contribution in [3.05, 3.63) is 60.7 Å². The fourth-order valence-corrected chi connectivity index (χ4v) is 6.73. The van der Waals surface area contributed by atoms with Crippen molar-refractivity contribution >= 4 is 18.7 Å². The van der Waals surface area contributed by atoms with Crippen LogP contribution in [0.1, 0.15) is 19.8 Å². The summed E-state index contributed by atoms with van der Waals surface area (Å²) in [5.74, 6) is 2.65. The number of benzene rings is 2. The van der Waals surface area contributed by atoms with Crippen LogP contribution in [-0.2, 0) is 4.43 Å². The van der Waals surface area contributed by atoms with Gasteiger partial charge in [0.2, 0.25) is 0 Å². The van der Waals surface area contributed by atoms with Gasteiger partial charge in [0, 0.05) is 0 Å². The molecule has 0 bridgehead atoms. The van der Waals surface area contributed by atoms with Crippen LogP contribution in [0.2, 0.25) is 6.04 Å². The van der Waals surface area contributed by atoms with Crippen molar-refractivity contribution < 1.29 is 4.43 Å². The van der Waals surface area contributed by atoms with Crippen LogP contribution in [0.15, 0.2) is 60.7 Å². The van der Waals surface area contributed by atoms with Crippen molar-refractivity contribution in [1.29, 1.82) is 0 Å². The van der Waals surface area contributed by atoms with Gasteiger partial charge in [-0.3, -0.25) is 0 Å². The van der Waals surface area contributed by atoms with Crippen LogP contribution in [-0.4, -0.2) is 14.9 Å². The van der Waals surface area contributed by atoms with Crippen LogP contribution in [0.3, 0.4) is 0 Å². The lowest BCUT2D eigenvalue weighted by Gasteiger charge is -2.32. The maximum absolute atomic E-state index is 6.36. The molecule has 0 aromatic heterocycles. The van der Waals surface area contributed by atoms with Crippen LogP contribution in [0.25, 0.3) is 0 Å². The van der Waals surface area contributed by atoms with E-state index in [0.29, 0.717) is 6.61 Å². The van der Waals surface area contributed by atoms with Crippen LogP contribution >= 0.6 is 0 Å². The monoisotopic (exact) mass is 294 g/mol. The van der Waals surface area contributed by atoms with E-state index in [2.05, 4.69) is 73.5 Å². The molecule has 0 spiro atoms. The van der Waals surface area contributed by atoms with Crippen LogP contribution in [0.4, 0.5) is 0 Å². The minimum atomic E-state index is -2.23. The average molecular weight is 294 g/mol. The Balaban J connectivity index is 2.51. The summed E-state index contributed by atoms with van der Waals surface area (Å²) >= 11 is 0. The third-order valence-electron chi connectivity index (χ3n) is 3.76. The number of hydrogen-bond acceptors (Lipinski definition) is 1. The first kappa shape index (κ1) is 15.6. The third-order valence-corrected chi connectivity index (χ3v) is 7.99. The predicted octanol–water partition coefficient (Wildman–Crippen LogP) is 3.20. The minimum Gasteiger partial charge on any atom is -0.397 e. The standard InChI is InChI=1S/C19H22OSi/c1-3-5-17-21(20-16-4-2,18-12-8-6-9-13-18)19-14-10-7-11-15-19/h2,6-15H,3,5,16-17H2,1H3. The predicted molar refractivity (Wildman–Crippen MR) is 92.4 cm³/mol. The highest BCUT2D eigenvalue weighted by molar-refractivity contribution is 6.97. The number of rotatable bonds is 7.